The van der Waals surface area contributed by atoms with E-state index >= 15 is 0 Å². The zero-order chi connectivity index (χ0) is 13.6. The highest BCUT2D eigenvalue weighted by Gasteiger charge is 2.27. The largest absolute Gasteiger partial charge is 0.411 e. The molecule has 1 aromatic heterocycles. The van der Waals surface area contributed by atoms with Gasteiger partial charge in [-0.2, -0.15) is 13.2 Å². The number of hydrogen-bond acceptors (Lipinski definition) is 4. The summed E-state index contributed by atoms with van der Waals surface area (Å²) in [6.07, 6.45) is -1.87. The van der Waals surface area contributed by atoms with Gasteiger partial charge in [-0.25, -0.2) is 9.97 Å². The number of nitrogens with zero attached hydrogens (tertiary/aromatic N) is 2. The average molecular weight is 328 g/mol. The number of ether oxygens (including phenoxy) is 1. The Hall–Kier alpha value is -1.22. The lowest BCUT2D eigenvalue weighted by Crippen LogP contribution is -2.20. The molecule has 0 saturated carbocycles. The maximum absolute atomic E-state index is 11.7. The van der Waals surface area contributed by atoms with Crippen LogP contribution >= 0.6 is 15.9 Å². The molecule has 1 aromatic rings. The van der Waals surface area contributed by atoms with Crippen molar-refractivity contribution in [1.29, 1.82) is 0 Å². The number of rotatable bonds is 5. The van der Waals surface area contributed by atoms with E-state index in [1.165, 1.54) is 12.4 Å². The molecule has 0 unspecified atom stereocenters. The highest BCUT2D eigenvalue weighted by atomic mass is 79.9. The predicted molar refractivity (Wildman–Crippen MR) is 59.9 cm³/mol. The fraction of sp³-hybridized carbons (Fsp3) is 0.444. The van der Waals surface area contributed by atoms with Crippen LogP contribution in [0.15, 0.2) is 17.0 Å². The first kappa shape index (κ1) is 14.8. The monoisotopic (exact) mass is 327 g/mol. The molecule has 9 heteroatoms. The number of amides is 1. The van der Waals surface area contributed by atoms with Crippen molar-refractivity contribution in [2.45, 2.75) is 12.6 Å². The van der Waals surface area contributed by atoms with Crippen molar-refractivity contribution < 1.29 is 22.7 Å². The fourth-order valence-electron chi connectivity index (χ4n) is 0.935. The summed E-state index contributed by atoms with van der Waals surface area (Å²) >= 11 is 3.07. The summed E-state index contributed by atoms with van der Waals surface area (Å²) in [6.45, 7) is -1.67. The van der Waals surface area contributed by atoms with Gasteiger partial charge in [-0.05, 0) is 15.9 Å². The van der Waals surface area contributed by atoms with Crippen LogP contribution in [0, 0.1) is 0 Å². The Morgan fingerprint density at radius 1 is 1.39 bits per heavy atom. The van der Waals surface area contributed by atoms with Crippen molar-refractivity contribution in [2.75, 3.05) is 18.5 Å². The van der Waals surface area contributed by atoms with E-state index in [1.54, 1.807) is 0 Å². The van der Waals surface area contributed by atoms with Crippen molar-refractivity contribution in [1.82, 2.24) is 9.97 Å². The molecule has 0 bridgehead atoms. The molecular weight excluding hydrogens is 319 g/mol. The van der Waals surface area contributed by atoms with Gasteiger partial charge in [0.1, 0.15) is 11.2 Å². The third kappa shape index (κ3) is 6.50. The number of nitrogens with one attached hydrogen (secondary N) is 1. The van der Waals surface area contributed by atoms with E-state index in [0.717, 1.165) is 0 Å². The van der Waals surface area contributed by atoms with Crippen LogP contribution in [0.5, 0.6) is 0 Å². The highest BCUT2D eigenvalue weighted by molar-refractivity contribution is 9.10. The first-order valence-corrected chi connectivity index (χ1v) is 5.58. The normalized spacial score (nSPS) is 11.3. The van der Waals surface area contributed by atoms with Gasteiger partial charge in [-0.3, -0.25) is 4.79 Å². The molecule has 0 radical (unpaired) electrons. The quantitative estimate of drug-likeness (QED) is 0.841. The molecule has 18 heavy (non-hydrogen) atoms. The van der Waals surface area contributed by atoms with Crippen LogP contribution in [-0.4, -0.2) is 35.3 Å². The number of hydrogen-bond donors (Lipinski definition) is 1. The minimum absolute atomic E-state index is 0.187. The van der Waals surface area contributed by atoms with E-state index in [-0.39, 0.29) is 18.8 Å². The topological polar surface area (TPSA) is 64.1 Å². The van der Waals surface area contributed by atoms with E-state index in [2.05, 4.69) is 36.0 Å². The molecule has 1 amide bonds. The lowest BCUT2D eigenvalue weighted by Gasteiger charge is -2.07. The number of carbonyl (C=O) groups is 1. The highest BCUT2D eigenvalue weighted by Crippen LogP contribution is 2.14. The van der Waals surface area contributed by atoms with Gasteiger partial charge in [0, 0.05) is 0 Å². The summed E-state index contributed by atoms with van der Waals surface area (Å²) in [5.41, 5.74) is 0. The predicted octanol–water partition coefficient (Wildman–Crippen LogP) is 2.15. The first-order valence-electron chi connectivity index (χ1n) is 4.79. The van der Waals surface area contributed by atoms with Gasteiger partial charge < -0.3 is 10.1 Å². The second kappa shape index (κ2) is 6.64. The van der Waals surface area contributed by atoms with E-state index in [1.807, 2.05) is 0 Å². The van der Waals surface area contributed by atoms with E-state index in [4.69, 9.17) is 0 Å². The molecule has 0 fully saturated rings. The zero-order valence-electron chi connectivity index (χ0n) is 9.00. The van der Waals surface area contributed by atoms with Crippen LogP contribution in [0.4, 0.5) is 19.0 Å². The van der Waals surface area contributed by atoms with Crippen LogP contribution < -0.4 is 5.32 Å². The van der Waals surface area contributed by atoms with E-state index in [9.17, 15) is 18.0 Å². The van der Waals surface area contributed by atoms with Gasteiger partial charge in [0.25, 0.3) is 0 Å². The maximum atomic E-state index is 11.7. The summed E-state index contributed by atoms with van der Waals surface area (Å²) in [5.74, 6) is -0.271. The summed E-state index contributed by atoms with van der Waals surface area (Å²) in [6, 6.07) is 0. The molecule has 100 valence electrons. The summed E-state index contributed by atoms with van der Waals surface area (Å²) in [7, 11) is 0. The average Bonchev–Trinajstić information content (AvgIpc) is 2.26. The Morgan fingerprint density at radius 2 is 2.11 bits per heavy atom. The molecule has 1 N–H and O–H groups in total. The first-order chi connectivity index (χ1) is 8.37. The Kier molecular flexibility index (Phi) is 5.48. The van der Waals surface area contributed by atoms with Crippen molar-refractivity contribution in [3.05, 3.63) is 17.0 Å². The minimum Gasteiger partial charge on any atom is -0.372 e. The number of alkyl halides is 3. The van der Waals surface area contributed by atoms with Crippen LogP contribution in [0.1, 0.15) is 6.42 Å². The van der Waals surface area contributed by atoms with Gasteiger partial charge in [0.2, 0.25) is 5.91 Å². The number of halogens is 4. The van der Waals surface area contributed by atoms with Crippen molar-refractivity contribution in [3.63, 3.8) is 0 Å². The van der Waals surface area contributed by atoms with Crippen molar-refractivity contribution >= 4 is 27.7 Å². The zero-order valence-corrected chi connectivity index (χ0v) is 10.6. The summed E-state index contributed by atoms with van der Waals surface area (Å²) < 4.78 is 40.0. The molecule has 0 aromatic carbocycles. The molecule has 0 aliphatic carbocycles. The standard InChI is InChI=1S/C9H9BrF3N3O2/c10-6-3-15-7(4-14-6)16-8(17)1-2-18-5-9(11,12)13/h3-4H,1-2,5H2,(H,15,16,17). The van der Waals surface area contributed by atoms with Gasteiger partial charge >= 0.3 is 6.18 Å². The van der Waals surface area contributed by atoms with Crippen LogP contribution in [-0.2, 0) is 9.53 Å². The van der Waals surface area contributed by atoms with E-state index < -0.39 is 18.7 Å². The Bertz CT molecular complexity index is 397. The molecule has 0 saturated heterocycles. The van der Waals surface area contributed by atoms with Crippen LogP contribution in [0.3, 0.4) is 0 Å². The van der Waals surface area contributed by atoms with Crippen molar-refractivity contribution in [2.24, 2.45) is 0 Å². The molecule has 0 aliphatic heterocycles. The van der Waals surface area contributed by atoms with Crippen molar-refractivity contribution in [3.8, 4) is 0 Å². The van der Waals surface area contributed by atoms with Gasteiger partial charge in [0.15, 0.2) is 5.82 Å². The molecule has 0 atom stereocenters. The SMILES string of the molecule is O=C(CCOCC(F)(F)F)Nc1cnc(Br)cn1. The van der Waals surface area contributed by atoms with Gasteiger partial charge in [-0.1, -0.05) is 0 Å². The number of aromatic nitrogens is 2. The van der Waals surface area contributed by atoms with Crippen LogP contribution in [0.2, 0.25) is 0 Å². The Labute approximate surface area is 109 Å². The lowest BCUT2D eigenvalue weighted by molar-refractivity contribution is -0.174. The maximum Gasteiger partial charge on any atom is 0.411 e. The molecule has 1 rings (SSSR count). The third-order valence-corrected chi connectivity index (χ3v) is 2.04. The van der Waals surface area contributed by atoms with E-state index in [0.29, 0.717) is 4.60 Å². The Balaban J connectivity index is 2.24. The van der Waals surface area contributed by atoms with Gasteiger partial charge in [0.05, 0.1) is 25.4 Å². The minimum atomic E-state index is -4.38. The molecular formula is C9H9BrF3N3O2. The number of anilines is 1. The molecule has 1 heterocycles. The third-order valence-electron chi connectivity index (χ3n) is 1.63. The molecule has 5 nitrogen and oxygen atoms in total. The second-order valence-electron chi connectivity index (χ2n) is 3.19. The van der Waals surface area contributed by atoms with Crippen LogP contribution in [0.25, 0.3) is 0 Å². The lowest BCUT2D eigenvalue weighted by atomic mass is 10.4. The summed E-state index contributed by atoms with van der Waals surface area (Å²) in [4.78, 5) is 18.9. The molecule has 0 spiro atoms. The fourth-order valence-corrected chi connectivity index (χ4v) is 1.14. The molecule has 0 aliphatic rings. The Morgan fingerprint density at radius 3 is 2.67 bits per heavy atom. The second-order valence-corrected chi connectivity index (χ2v) is 4.00. The number of carbonyl (C=O) groups excluding carboxylic acids is 1. The smallest absolute Gasteiger partial charge is 0.372 e. The van der Waals surface area contributed by atoms with Gasteiger partial charge in [-0.15, -0.1) is 0 Å². The summed E-state index contributed by atoms with van der Waals surface area (Å²) in [5, 5.41) is 2.37.